The van der Waals surface area contributed by atoms with Crippen molar-refractivity contribution in [2.24, 2.45) is 23.7 Å². The third-order valence-electron chi connectivity index (χ3n) is 11.1. The summed E-state index contributed by atoms with van der Waals surface area (Å²) >= 11 is 6.37. The highest BCUT2D eigenvalue weighted by molar-refractivity contribution is 6.32. The number of likely N-dealkylation sites (tertiary alicyclic amines) is 1. The lowest BCUT2D eigenvalue weighted by atomic mass is 9.49. The Labute approximate surface area is 289 Å². The minimum atomic E-state index is -1.46. The Morgan fingerprint density at radius 2 is 1.65 bits per heavy atom. The smallest absolute Gasteiger partial charge is 0.303 e. The van der Waals surface area contributed by atoms with Gasteiger partial charge >= 0.3 is 5.97 Å². The molecule has 0 unspecified atom stereocenters. The molecule has 49 heavy (non-hydrogen) atoms. The number of fused-ring (bicyclic) bond motifs is 4. The summed E-state index contributed by atoms with van der Waals surface area (Å²) in [7, 11) is 0. The molecule has 0 bridgehead atoms. The molecule has 9 nitrogen and oxygen atoms in total. The van der Waals surface area contributed by atoms with E-state index in [4.69, 9.17) is 16.7 Å². The van der Waals surface area contributed by atoms with Crippen molar-refractivity contribution in [2.45, 2.75) is 56.8 Å². The van der Waals surface area contributed by atoms with Gasteiger partial charge in [0.25, 0.3) is 0 Å². The quantitative estimate of drug-likeness (QED) is 0.157. The molecular formula is C39H37ClN2O7. The molecule has 2 heterocycles. The summed E-state index contributed by atoms with van der Waals surface area (Å²) < 4.78 is 0. The second-order valence-electron chi connectivity index (χ2n) is 13.6. The molecule has 2 aliphatic carbocycles. The molecule has 4 amide bonds. The molecule has 7 rings (SSSR count). The van der Waals surface area contributed by atoms with E-state index in [2.05, 4.69) is 0 Å². The van der Waals surface area contributed by atoms with Crippen LogP contribution in [0.25, 0.3) is 0 Å². The molecule has 10 heteroatoms. The molecule has 0 spiro atoms. The molecule has 0 aromatic heterocycles. The molecule has 1 saturated carbocycles. The van der Waals surface area contributed by atoms with Crippen LogP contribution >= 0.6 is 11.6 Å². The van der Waals surface area contributed by atoms with Gasteiger partial charge in [-0.1, -0.05) is 84.3 Å². The lowest BCUT2D eigenvalue weighted by Gasteiger charge is -2.50. The zero-order valence-corrected chi connectivity index (χ0v) is 27.8. The van der Waals surface area contributed by atoms with Gasteiger partial charge in [0, 0.05) is 29.5 Å². The summed E-state index contributed by atoms with van der Waals surface area (Å²) in [4.78, 5) is 71.4. The predicted molar refractivity (Wildman–Crippen MR) is 182 cm³/mol. The van der Waals surface area contributed by atoms with Crippen molar-refractivity contribution < 1.29 is 34.2 Å². The van der Waals surface area contributed by atoms with E-state index in [9.17, 15) is 24.3 Å². The number of carbonyl (C=O) groups excluding carboxylic acids is 4. The number of halogens is 1. The van der Waals surface area contributed by atoms with Crippen LogP contribution in [0.15, 0.2) is 84.4 Å². The fraction of sp³-hybridized carbons (Fsp3) is 0.359. The molecule has 6 atom stereocenters. The number of carboxylic acids is 1. The molecule has 2 N–H and O–H groups in total. The summed E-state index contributed by atoms with van der Waals surface area (Å²) in [5.74, 6) is -5.86. The summed E-state index contributed by atoms with van der Waals surface area (Å²) in [5.41, 5.74) is 1.39. The Balaban J connectivity index is 1.37. The van der Waals surface area contributed by atoms with E-state index in [1.165, 1.54) is 9.80 Å². The fourth-order valence-electron chi connectivity index (χ4n) is 9.01. The highest BCUT2D eigenvalue weighted by Gasteiger charge is 2.70. The normalized spacial score (nSPS) is 27.6. The second-order valence-corrected chi connectivity index (χ2v) is 14.1. The van der Waals surface area contributed by atoms with Gasteiger partial charge in [-0.2, -0.15) is 0 Å². The van der Waals surface area contributed by atoms with Gasteiger partial charge in [0.2, 0.25) is 23.6 Å². The lowest BCUT2D eigenvalue weighted by Crippen LogP contribution is -2.53. The number of carbonyl (C=O) groups is 5. The number of allylic oxidation sites excluding steroid dienone is 2. The first-order chi connectivity index (χ1) is 23.6. The van der Waals surface area contributed by atoms with Crippen LogP contribution < -0.4 is 4.90 Å². The molecule has 4 aliphatic rings. The first-order valence-corrected chi connectivity index (χ1v) is 17.2. The number of aromatic hydroxyl groups is 1. The summed E-state index contributed by atoms with van der Waals surface area (Å²) in [6.45, 7) is 1.98. The maximum absolute atomic E-state index is 15.2. The fourth-order valence-corrected chi connectivity index (χ4v) is 9.20. The van der Waals surface area contributed by atoms with Gasteiger partial charge in [-0.15, -0.1) is 0 Å². The van der Waals surface area contributed by atoms with Crippen LogP contribution in [0.3, 0.4) is 0 Å². The van der Waals surface area contributed by atoms with E-state index in [0.29, 0.717) is 46.7 Å². The zero-order chi connectivity index (χ0) is 34.6. The first kappa shape index (κ1) is 32.8. The molecule has 252 valence electrons. The number of hydrogen-bond acceptors (Lipinski definition) is 6. The number of unbranched alkanes of at least 4 members (excludes halogenated alkanes) is 2. The van der Waals surface area contributed by atoms with E-state index in [1.807, 2.05) is 42.5 Å². The van der Waals surface area contributed by atoms with Crippen molar-refractivity contribution in [3.63, 3.8) is 0 Å². The van der Waals surface area contributed by atoms with Gasteiger partial charge in [-0.05, 0) is 67.9 Å². The molecule has 3 aromatic rings. The molecule has 3 aromatic carbocycles. The van der Waals surface area contributed by atoms with E-state index in [-0.39, 0.29) is 43.4 Å². The average molecular weight is 681 g/mol. The molecule has 0 radical (unpaired) electrons. The van der Waals surface area contributed by atoms with Crippen LogP contribution in [0.2, 0.25) is 5.02 Å². The Morgan fingerprint density at radius 1 is 0.898 bits per heavy atom. The van der Waals surface area contributed by atoms with E-state index >= 15 is 4.79 Å². The number of imide groups is 2. The average Bonchev–Trinajstić information content (AvgIpc) is 3.46. The number of phenolic OH excluding ortho intramolecular Hbond substituents is 1. The van der Waals surface area contributed by atoms with Gasteiger partial charge in [0.15, 0.2) is 0 Å². The maximum atomic E-state index is 15.2. The zero-order valence-electron chi connectivity index (χ0n) is 27.1. The van der Waals surface area contributed by atoms with Crippen molar-refractivity contribution in [1.82, 2.24) is 4.90 Å². The van der Waals surface area contributed by atoms with Gasteiger partial charge in [-0.3, -0.25) is 28.9 Å². The second kappa shape index (κ2) is 12.6. The lowest BCUT2D eigenvalue weighted by molar-refractivity contribution is -0.141. The largest absolute Gasteiger partial charge is 0.507 e. The van der Waals surface area contributed by atoms with Gasteiger partial charge in [-0.25, -0.2) is 4.90 Å². The van der Waals surface area contributed by atoms with Gasteiger partial charge in [0.05, 0.1) is 28.9 Å². The number of amides is 4. The molecule has 2 aliphatic heterocycles. The minimum Gasteiger partial charge on any atom is -0.507 e. The summed E-state index contributed by atoms with van der Waals surface area (Å²) in [6.07, 6.45) is 3.97. The number of benzene rings is 3. The van der Waals surface area contributed by atoms with Crippen molar-refractivity contribution in [3.8, 4) is 5.75 Å². The van der Waals surface area contributed by atoms with Crippen LogP contribution in [0, 0.1) is 30.6 Å². The highest BCUT2D eigenvalue weighted by atomic mass is 35.5. The molecule has 2 saturated heterocycles. The minimum absolute atomic E-state index is 0.0171. The van der Waals surface area contributed by atoms with Crippen molar-refractivity contribution >= 4 is 46.9 Å². The van der Waals surface area contributed by atoms with Crippen LogP contribution in [0.4, 0.5) is 5.69 Å². The maximum Gasteiger partial charge on any atom is 0.303 e. The number of hydrogen-bond donors (Lipinski definition) is 2. The monoisotopic (exact) mass is 680 g/mol. The Bertz CT molecular complexity index is 1910. The van der Waals surface area contributed by atoms with Crippen LogP contribution in [0.5, 0.6) is 5.75 Å². The number of phenols is 1. The standard InChI is InChI=1S/C39H37ClN2O7/c1-22-10-8-15-28(34(22)45)33-26-17-18-27-32(37(48)41(35(27)46)19-7-3-6-16-31(43)44)29(26)21-30-36(47)42(25-14-9-13-24(40)20-25)38(49)39(30,33)23-11-4-2-5-12-23/h2,4-5,8-15,17,20,27,29-30,32-33,45H,3,6-7,16,18-19,21H2,1H3,(H,43,44)/t27-,29+,30-,32-,33+,39+/m0/s1. The summed E-state index contributed by atoms with van der Waals surface area (Å²) in [6, 6.07) is 21.2. The number of rotatable bonds is 9. The van der Waals surface area contributed by atoms with Gasteiger partial charge in [0.1, 0.15) is 5.75 Å². The predicted octanol–water partition coefficient (Wildman–Crippen LogP) is 6.16. The van der Waals surface area contributed by atoms with Crippen molar-refractivity contribution in [2.75, 3.05) is 11.4 Å². The van der Waals surface area contributed by atoms with E-state index in [0.717, 1.165) is 5.57 Å². The van der Waals surface area contributed by atoms with Crippen LogP contribution in [-0.4, -0.2) is 51.3 Å². The number of anilines is 1. The van der Waals surface area contributed by atoms with Crippen molar-refractivity contribution in [1.29, 1.82) is 0 Å². The Kier molecular flexibility index (Phi) is 8.43. The van der Waals surface area contributed by atoms with Crippen LogP contribution in [-0.2, 0) is 29.4 Å². The van der Waals surface area contributed by atoms with Crippen LogP contribution in [0.1, 0.15) is 61.1 Å². The van der Waals surface area contributed by atoms with Gasteiger partial charge < -0.3 is 10.2 Å². The number of carboxylic acid groups (broad SMARTS) is 1. The number of aliphatic carboxylic acids is 1. The van der Waals surface area contributed by atoms with E-state index < -0.39 is 52.8 Å². The SMILES string of the molecule is Cc1cccc([C@H]2C3=CC[C@@H]4C(=O)N(CCCCCC(=O)O)C(=O)[C@@H]4[C@@H]3C[C@H]3C(=O)N(c4cccc(Cl)c4)C(=O)[C@@]23c2ccccc2)c1O. The van der Waals surface area contributed by atoms with E-state index in [1.54, 1.807) is 43.3 Å². The third-order valence-corrected chi connectivity index (χ3v) is 11.3. The molecule has 3 fully saturated rings. The summed E-state index contributed by atoms with van der Waals surface area (Å²) in [5, 5.41) is 21.0. The Hall–Kier alpha value is -4.76. The number of nitrogens with zero attached hydrogens (tertiary/aromatic N) is 2. The number of para-hydroxylation sites is 1. The topological polar surface area (TPSA) is 132 Å². The number of aryl methyl sites for hydroxylation is 1. The first-order valence-electron chi connectivity index (χ1n) is 16.8. The van der Waals surface area contributed by atoms with Crippen molar-refractivity contribution in [3.05, 3.63) is 106 Å². The molecular weight excluding hydrogens is 644 g/mol. The Morgan fingerprint density at radius 3 is 2.39 bits per heavy atom. The third kappa shape index (κ3) is 5.09. The highest BCUT2D eigenvalue weighted by Crippen LogP contribution is 2.65.